The molecule has 0 heterocycles. The number of oxime groups is 1. The summed E-state index contributed by atoms with van der Waals surface area (Å²) in [5, 5.41) is 10.8. The van der Waals surface area contributed by atoms with Crippen LogP contribution in [0.4, 0.5) is 8.78 Å². The fraction of sp³-hybridized carbons (Fsp3) is 0. The van der Waals surface area contributed by atoms with Crippen LogP contribution >= 0.6 is 15.9 Å². The summed E-state index contributed by atoms with van der Waals surface area (Å²) >= 11 is 2.79. The van der Waals surface area contributed by atoms with Crippen LogP contribution in [0.2, 0.25) is 0 Å². The molecule has 0 atom stereocenters. The van der Waals surface area contributed by atoms with Crippen LogP contribution in [-0.2, 0) is 0 Å². The van der Waals surface area contributed by atoms with Gasteiger partial charge in [0.05, 0.1) is 10.0 Å². The molecule has 3 nitrogen and oxygen atoms in total. The quantitative estimate of drug-likeness (QED) is 0.263. The van der Waals surface area contributed by atoms with Crippen molar-refractivity contribution in [1.82, 2.24) is 0 Å². The average Bonchev–Trinajstić information content (AvgIpc) is 2.10. The summed E-state index contributed by atoms with van der Waals surface area (Å²) in [4.78, 5) is 0. The third kappa shape index (κ3) is 1.95. The van der Waals surface area contributed by atoms with Gasteiger partial charge in [0, 0.05) is 0 Å². The maximum absolute atomic E-state index is 13.0. The summed E-state index contributed by atoms with van der Waals surface area (Å²) in [5.74, 6) is -1.91. The molecule has 0 aliphatic carbocycles. The number of hydrogen-bond acceptors (Lipinski definition) is 2. The van der Waals surface area contributed by atoms with Crippen LogP contribution in [-0.4, -0.2) is 11.0 Å². The fourth-order valence-corrected chi connectivity index (χ4v) is 1.09. The van der Waals surface area contributed by atoms with Gasteiger partial charge in [0.15, 0.2) is 5.84 Å². The molecule has 0 aliphatic rings. The Kier molecular flexibility index (Phi) is 2.82. The Bertz CT molecular complexity index is 368. The second kappa shape index (κ2) is 3.69. The number of halogens is 3. The molecule has 70 valence electrons. The summed E-state index contributed by atoms with van der Waals surface area (Å²) in [7, 11) is 0. The zero-order valence-electron chi connectivity index (χ0n) is 6.26. The van der Waals surface area contributed by atoms with Crippen molar-refractivity contribution in [2.75, 3.05) is 0 Å². The molecule has 0 unspecified atom stereocenters. The van der Waals surface area contributed by atoms with E-state index in [1.54, 1.807) is 0 Å². The molecular formula is C7H5BrF2N2O. The van der Waals surface area contributed by atoms with Crippen LogP contribution < -0.4 is 5.73 Å². The molecule has 0 saturated heterocycles. The minimum absolute atomic E-state index is 0.0144. The van der Waals surface area contributed by atoms with Gasteiger partial charge in [-0.25, -0.2) is 8.78 Å². The lowest BCUT2D eigenvalue weighted by molar-refractivity contribution is 0.318. The van der Waals surface area contributed by atoms with Crippen LogP contribution in [0.5, 0.6) is 0 Å². The normalized spacial score (nSPS) is 11.8. The Morgan fingerprint density at radius 1 is 1.38 bits per heavy atom. The van der Waals surface area contributed by atoms with Gasteiger partial charge in [-0.15, -0.1) is 0 Å². The van der Waals surface area contributed by atoms with Gasteiger partial charge in [0.1, 0.15) is 11.6 Å². The van der Waals surface area contributed by atoms with Crippen molar-refractivity contribution in [3.05, 3.63) is 33.8 Å². The average molecular weight is 251 g/mol. The molecule has 6 heteroatoms. The van der Waals surface area contributed by atoms with E-state index in [4.69, 9.17) is 10.9 Å². The highest BCUT2D eigenvalue weighted by Crippen LogP contribution is 2.19. The maximum Gasteiger partial charge on any atom is 0.173 e. The van der Waals surface area contributed by atoms with Crippen molar-refractivity contribution in [1.29, 1.82) is 0 Å². The first-order valence-electron chi connectivity index (χ1n) is 3.18. The molecule has 0 amide bonds. The van der Waals surface area contributed by atoms with Crippen molar-refractivity contribution >= 4 is 21.8 Å². The molecule has 1 aromatic rings. The van der Waals surface area contributed by atoms with E-state index in [2.05, 4.69) is 21.1 Å². The molecule has 13 heavy (non-hydrogen) atoms. The largest absolute Gasteiger partial charge is 0.409 e. The molecule has 0 aliphatic heterocycles. The predicted molar refractivity (Wildman–Crippen MR) is 46.6 cm³/mol. The fourth-order valence-electron chi connectivity index (χ4n) is 0.773. The van der Waals surface area contributed by atoms with Gasteiger partial charge < -0.3 is 10.9 Å². The molecule has 0 radical (unpaired) electrons. The Balaban J connectivity index is 3.32. The topological polar surface area (TPSA) is 58.6 Å². The standard InChI is InChI=1S/C7H5BrF2N2O/c8-4-2-5(9)3(1-6(4)10)7(11)12-13/h1-2,13H,(H2,11,12). The van der Waals surface area contributed by atoms with Crippen molar-refractivity contribution in [3.8, 4) is 0 Å². The number of nitrogens with zero attached hydrogens (tertiary/aromatic N) is 1. The van der Waals surface area contributed by atoms with E-state index in [-0.39, 0.29) is 10.0 Å². The van der Waals surface area contributed by atoms with Gasteiger partial charge in [-0.05, 0) is 28.1 Å². The van der Waals surface area contributed by atoms with Crippen LogP contribution in [0.1, 0.15) is 5.56 Å². The number of benzene rings is 1. The predicted octanol–water partition coefficient (Wildman–Crippen LogP) is 1.82. The van der Waals surface area contributed by atoms with E-state index < -0.39 is 17.5 Å². The lowest BCUT2D eigenvalue weighted by Crippen LogP contribution is -2.15. The van der Waals surface area contributed by atoms with Crippen LogP contribution in [0.15, 0.2) is 21.8 Å². The second-order valence-electron chi connectivity index (χ2n) is 2.23. The van der Waals surface area contributed by atoms with Gasteiger partial charge in [-0.3, -0.25) is 0 Å². The molecular weight excluding hydrogens is 246 g/mol. The van der Waals surface area contributed by atoms with E-state index in [9.17, 15) is 8.78 Å². The SMILES string of the molecule is NC(=NO)c1cc(F)c(Br)cc1F. The lowest BCUT2D eigenvalue weighted by Gasteiger charge is -2.01. The second-order valence-corrected chi connectivity index (χ2v) is 3.09. The third-order valence-electron chi connectivity index (χ3n) is 1.39. The molecule has 0 spiro atoms. The molecule has 0 bridgehead atoms. The van der Waals surface area contributed by atoms with E-state index in [0.29, 0.717) is 0 Å². The molecule has 0 aromatic heterocycles. The zero-order chi connectivity index (χ0) is 10.0. The molecule has 3 N–H and O–H groups in total. The van der Waals surface area contributed by atoms with Crippen molar-refractivity contribution in [3.63, 3.8) is 0 Å². The Hall–Kier alpha value is -1.17. The molecule has 1 aromatic carbocycles. The van der Waals surface area contributed by atoms with E-state index in [1.165, 1.54) is 0 Å². The first-order valence-corrected chi connectivity index (χ1v) is 3.98. The Morgan fingerprint density at radius 3 is 2.54 bits per heavy atom. The first-order chi connectivity index (χ1) is 6.06. The number of hydrogen-bond donors (Lipinski definition) is 2. The van der Waals surface area contributed by atoms with Crippen molar-refractivity contribution in [2.45, 2.75) is 0 Å². The highest BCUT2D eigenvalue weighted by Gasteiger charge is 2.11. The van der Waals surface area contributed by atoms with Crippen molar-refractivity contribution in [2.24, 2.45) is 10.9 Å². The minimum atomic E-state index is -0.761. The van der Waals surface area contributed by atoms with Crippen LogP contribution in [0, 0.1) is 11.6 Å². The van der Waals surface area contributed by atoms with Gasteiger partial charge in [0.25, 0.3) is 0 Å². The van der Waals surface area contributed by atoms with Crippen molar-refractivity contribution < 1.29 is 14.0 Å². The van der Waals surface area contributed by atoms with Gasteiger partial charge in [-0.1, -0.05) is 5.16 Å². The Morgan fingerprint density at radius 2 is 2.00 bits per heavy atom. The third-order valence-corrected chi connectivity index (χ3v) is 2.00. The smallest absolute Gasteiger partial charge is 0.173 e. The molecule has 0 fully saturated rings. The summed E-state index contributed by atoms with van der Waals surface area (Å²) in [6, 6.07) is 1.75. The van der Waals surface area contributed by atoms with Gasteiger partial charge >= 0.3 is 0 Å². The minimum Gasteiger partial charge on any atom is -0.409 e. The Labute approximate surface area is 81.0 Å². The first kappa shape index (κ1) is 9.91. The zero-order valence-corrected chi connectivity index (χ0v) is 7.85. The lowest BCUT2D eigenvalue weighted by atomic mass is 10.2. The highest BCUT2D eigenvalue weighted by molar-refractivity contribution is 9.10. The molecule has 1 rings (SSSR count). The maximum atomic E-state index is 13.0. The van der Waals surface area contributed by atoms with E-state index >= 15 is 0 Å². The van der Waals surface area contributed by atoms with E-state index in [1.807, 2.05) is 0 Å². The summed E-state index contributed by atoms with van der Waals surface area (Å²) < 4.78 is 25.8. The van der Waals surface area contributed by atoms with Gasteiger partial charge in [0.2, 0.25) is 0 Å². The molecule has 0 saturated carbocycles. The van der Waals surface area contributed by atoms with E-state index in [0.717, 1.165) is 12.1 Å². The number of amidine groups is 1. The van der Waals surface area contributed by atoms with Crippen LogP contribution in [0.3, 0.4) is 0 Å². The summed E-state index contributed by atoms with van der Waals surface area (Å²) in [5.41, 5.74) is 4.82. The summed E-state index contributed by atoms with van der Waals surface area (Å²) in [6.45, 7) is 0. The number of rotatable bonds is 1. The highest BCUT2D eigenvalue weighted by atomic mass is 79.9. The number of nitrogens with two attached hydrogens (primary N) is 1. The monoisotopic (exact) mass is 250 g/mol. The van der Waals surface area contributed by atoms with Gasteiger partial charge in [-0.2, -0.15) is 0 Å². The van der Waals surface area contributed by atoms with Crippen LogP contribution in [0.25, 0.3) is 0 Å². The summed E-state index contributed by atoms with van der Waals surface area (Å²) in [6.07, 6.45) is 0.